The monoisotopic (exact) mass is 515 g/mol. The summed E-state index contributed by atoms with van der Waals surface area (Å²) in [6.07, 6.45) is 5.03. The van der Waals surface area contributed by atoms with Crippen LogP contribution in [0.15, 0.2) is 35.6 Å². The number of amides is 2. The van der Waals surface area contributed by atoms with Crippen molar-refractivity contribution in [1.29, 1.82) is 0 Å². The van der Waals surface area contributed by atoms with Crippen LogP contribution in [0.1, 0.15) is 60.5 Å². The van der Waals surface area contributed by atoms with Crippen molar-refractivity contribution in [1.82, 2.24) is 30.0 Å². The molecule has 12 nitrogen and oxygen atoms in total. The van der Waals surface area contributed by atoms with Gasteiger partial charge < -0.3 is 15.1 Å². The molecule has 0 atom stereocenters. The summed E-state index contributed by atoms with van der Waals surface area (Å²) < 4.78 is 25.8. The maximum absolute atomic E-state index is 12.5. The third-order valence-electron chi connectivity index (χ3n) is 5.81. The Kier molecular flexibility index (Phi) is 7.38. The normalized spacial score (nSPS) is 14.2. The molecule has 1 aromatic carbocycles. The zero-order chi connectivity index (χ0) is 25.9. The van der Waals surface area contributed by atoms with Gasteiger partial charge in [0.15, 0.2) is 5.65 Å². The van der Waals surface area contributed by atoms with Crippen LogP contribution in [0.25, 0.3) is 5.65 Å². The number of piperidine rings is 1. The fourth-order valence-corrected chi connectivity index (χ4v) is 4.36. The number of sulfone groups is 1. The minimum absolute atomic E-state index is 0.0804. The number of fused-ring (bicyclic) bond motifs is 1. The summed E-state index contributed by atoms with van der Waals surface area (Å²) in [6, 6.07) is 6.72. The first kappa shape index (κ1) is 25.4. The third kappa shape index (κ3) is 5.73. The Morgan fingerprint density at radius 1 is 1.14 bits per heavy atom. The number of carbonyl (C=O) groups is 2. The molecular weight excluding hydrogens is 486 g/mol. The van der Waals surface area contributed by atoms with E-state index in [1.54, 1.807) is 35.4 Å². The summed E-state index contributed by atoms with van der Waals surface area (Å²) in [4.78, 5) is 39.6. The highest BCUT2D eigenvalue weighted by atomic mass is 32.2. The molecule has 1 aliphatic rings. The first-order valence-electron chi connectivity index (χ1n) is 11.7. The van der Waals surface area contributed by atoms with E-state index in [0.717, 1.165) is 31.1 Å². The van der Waals surface area contributed by atoms with E-state index in [0.29, 0.717) is 29.9 Å². The van der Waals surface area contributed by atoms with E-state index >= 15 is 0 Å². The van der Waals surface area contributed by atoms with Crippen LogP contribution < -0.4 is 10.8 Å². The number of anilines is 1. The number of rotatable bonds is 6. The number of carbonyl (C=O) groups excluding carboxylic acids is 2. The van der Waals surface area contributed by atoms with E-state index in [2.05, 4.69) is 25.9 Å². The van der Waals surface area contributed by atoms with Crippen molar-refractivity contribution in [3.8, 4) is 0 Å². The predicted molar refractivity (Wildman–Crippen MR) is 131 cm³/mol. The Morgan fingerprint density at radius 3 is 2.58 bits per heavy atom. The van der Waals surface area contributed by atoms with Crippen molar-refractivity contribution < 1.29 is 22.8 Å². The van der Waals surface area contributed by atoms with Crippen LogP contribution in [0.3, 0.4) is 0 Å². The van der Waals surface area contributed by atoms with Gasteiger partial charge in [-0.05, 0) is 42.9 Å². The molecule has 1 fully saturated rings. The number of likely N-dealkylation sites (tertiary alicyclic amines) is 1. The lowest BCUT2D eigenvalue weighted by molar-refractivity contribution is 0.0394. The van der Waals surface area contributed by atoms with Crippen LogP contribution in [-0.2, 0) is 21.2 Å². The number of benzene rings is 1. The zero-order valence-electron chi connectivity index (χ0n) is 20.4. The molecular formula is C23H29N7O5S. The zero-order valence-corrected chi connectivity index (χ0v) is 21.2. The predicted octanol–water partition coefficient (Wildman–Crippen LogP) is 2.53. The SMILES string of the molecule is CC(C)c1cnn2c(NCc3cccc(C(=O)NOC(=O)N4CCCCC4)c3)nc(S(C)(=O)=O)nc12. The Labute approximate surface area is 208 Å². The molecule has 36 heavy (non-hydrogen) atoms. The fourth-order valence-electron chi connectivity index (χ4n) is 3.86. The van der Waals surface area contributed by atoms with Crippen molar-refractivity contribution >= 4 is 33.4 Å². The second kappa shape index (κ2) is 10.5. The quantitative estimate of drug-likeness (QED) is 0.472. The van der Waals surface area contributed by atoms with Crippen LogP contribution in [0.2, 0.25) is 0 Å². The Bertz CT molecular complexity index is 1380. The number of aromatic nitrogens is 4. The van der Waals surface area contributed by atoms with E-state index < -0.39 is 21.8 Å². The standard InChI is InChI=1S/C23H29N7O5S/c1-15(2)18-14-25-30-19(18)26-22(36(3,33)34)27-21(30)24-13-16-8-7-9-17(12-16)20(31)28-35-23(32)29-10-5-4-6-11-29/h7-9,12,14-15H,4-6,10-11,13H2,1-3H3,(H,28,31)(H,24,26,27). The van der Waals surface area contributed by atoms with Gasteiger partial charge in [0, 0.05) is 37.0 Å². The van der Waals surface area contributed by atoms with E-state index in [9.17, 15) is 18.0 Å². The van der Waals surface area contributed by atoms with Gasteiger partial charge >= 0.3 is 6.09 Å². The smallest absolute Gasteiger partial charge is 0.350 e. The summed E-state index contributed by atoms with van der Waals surface area (Å²) in [5, 5.41) is 7.11. The Morgan fingerprint density at radius 2 is 1.89 bits per heavy atom. The van der Waals surface area contributed by atoms with Gasteiger partial charge in [0.1, 0.15) is 0 Å². The molecule has 0 saturated carbocycles. The lowest BCUT2D eigenvalue weighted by Gasteiger charge is -2.25. The highest BCUT2D eigenvalue weighted by Crippen LogP contribution is 2.22. The van der Waals surface area contributed by atoms with Crippen LogP contribution in [-0.4, -0.2) is 64.2 Å². The highest BCUT2D eigenvalue weighted by Gasteiger charge is 2.21. The molecule has 1 aliphatic heterocycles. The van der Waals surface area contributed by atoms with Crippen molar-refractivity contribution in [2.75, 3.05) is 24.7 Å². The molecule has 0 aliphatic carbocycles. The molecule has 2 amide bonds. The number of nitrogens with one attached hydrogen (secondary N) is 2. The van der Waals surface area contributed by atoms with E-state index in [-0.39, 0.29) is 23.6 Å². The third-order valence-corrected chi connectivity index (χ3v) is 6.66. The molecule has 13 heteroatoms. The van der Waals surface area contributed by atoms with Gasteiger partial charge in [-0.15, -0.1) is 0 Å². The molecule has 4 rings (SSSR count). The molecule has 0 spiro atoms. The number of hydrogen-bond acceptors (Lipinski definition) is 9. The van der Waals surface area contributed by atoms with Gasteiger partial charge in [-0.3, -0.25) is 4.79 Å². The van der Waals surface area contributed by atoms with E-state index in [4.69, 9.17) is 4.84 Å². The second-order valence-corrected chi connectivity index (χ2v) is 10.9. The molecule has 2 aromatic heterocycles. The van der Waals surface area contributed by atoms with Gasteiger partial charge in [-0.1, -0.05) is 26.0 Å². The van der Waals surface area contributed by atoms with Crippen LogP contribution in [0.4, 0.5) is 10.7 Å². The van der Waals surface area contributed by atoms with Gasteiger partial charge in [-0.2, -0.15) is 25.1 Å². The van der Waals surface area contributed by atoms with Crippen molar-refractivity contribution in [3.05, 3.63) is 47.2 Å². The molecule has 2 N–H and O–H groups in total. The molecule has 3 heterocycles. The molecule has 3 aromatic rings. The summed E-state index contributed by atoms with van der Waals surface area (Å²) >= 11 is 0. The minimum Gasteiger partial charge on any atom is -0.350 e. The van der Waals surface area contributed by atoms with Gasteiger partial charge in [-0.25, -0.2) is 13.2 Å². The Balaban J connectivity index is 1.48. The maximum Gasteiger partial charge on any atom is 0.434 e. The summed E-state index contributed by atoms with van der Waals surface area (Å²) in [5.41, 5.74) is 4.42. The van der Waals surface area contributed by atoms with Crippen molar-refractivity contribution in [2.45, 2.75) is 50.7 Å². The van der Waals surface area contributed by atoms with E-state index in [1.807, 2.05) is 13.8 Å². The minimum atomic E-state index is -3.66. The molecule has 0 bridgehead atoms. The summed E-state index contributed by atoms with van der Waals surface area (Å²) in [5.74, 6) is -0.269. The maximum atomic E-state index is 12.5. The lowest BCUT2D eigenvalue weighted by atomic mass is 10.1. The largest absolute Gasteiger partial charge is 0.434 e. The van der Waals surface area contributed by atoms with Crippen LogP contribution >= 0.6 is 0 Å². The number of hydrogen-bond donors (Lipinski definition) is 2. The highest BCUT2D eigenvalue weighted by molar-refractivity contribution is 7.90. The average Bonchev–Trinajstić information content (AvgIpc) is 3.30. The molecule has 0 unspecified atom stereocenters. The molecule has 192 valence electrons. The second-order valence-electron chi connectivity index (χ2n) is 8.99. The first-order valence-corrected chi connectivity index (χ1v) is 13.6. The molecule has 1 saturated heterocycles. The summed E-state index contributed by atoms with van der Waals surface area (Å²) in [7, 11) is -3.66. The van der Waals surface area contributed by atoms with Crippen molar-refractivity contribution in [3.63, 3.8) is 0 Å². The lowest BCUT2D eigenvalue weighted by Crippen LogP contribution is -2.40. The Hall–Kier alpha value is -3.74. The number of nitrogens with zero attached hydrogens (tertiary/aromatic N) is 5. The van der Waals surface area contributed by atoms with Crippen molar-refractivity contribution in [2.24, 2.45) is 0 Å². The molecule has 0 radical (unpaired) electrons. The van der Waals surface area contributed by atoms with E-state index in [1.165, 1.54) is 4.52 Å². The average molecular weight is 516 g/mol. The van der Waals surface area contributed by atoms with Gasteiger partial charge in [0.05, 0.1) is 6.20 Å². The topological polar surface area (TPSA) is 148 Å². The van der Waals surface area contributed by atoms with Gasteiger partial charge in [0.25, 0.3) is 11.1 Å². The van der Waals surface area contributed by atoms with Crippen LogP contribution in [0, 0.1) is 0 Å². The van der Waals surface area contributed by atoms with Crippen LogP contribution in [0.5, 0.6) is 0 Å². The van der Waals surface area contributed by atoms with Gasteiger partial charge in [0.2, 0.25) is 15.8 Å². The first-order chi connectivity index (χ1) is 17.1. The fraction of sp³-hybridized carbons (Fsp3) is 0.435. The summed E-state index contributed by atoms with van der Waals surface area (Å²) in [6.45, 7) is 5.38. The number of hydroxylamine groups is 1.